The molecule has 0 saturated carbocycles. The lowest BCUT2D eigenvalue weighted by atomic mass is 10.1. The van der Waals surface area contributed by atoms with Crippen molar-refractivity contribution in [2.75, 3.05) is 12.8 Å². The first kappa shape index (κ1) is 10.6. The number of hydrogen-bond donors (Lipinski definition) is 2. The fraction of sp³-hybridized carbons (Fsp3) is 0.375. The van der Waals surface area contributed by atoms with E-state index < -0.39 is 18.6 Å². The van der Waals surface area contributed by atoms with E-state index in [2.05, 4.69) is 9.72 Å². The van der Waals surface area contributed by atoms with Gasteiger partial charge in [0.05, 0.1) is 36.9 Å². The van der Waals surface area contributed by atoms with E-state index in [-0.39, 0.29) is 17.1 Å². The second-order valence-corrected chi connectivity index (χ2v) is 2.56. The van der Waals surface area contributed by atoms with Crippen molar-refractivity contribution in [1.29, 1.82) is 0 Å². The second-order valence-electron chi connectivity index (χ2n) is 2.56. The Morgan fingerprint density at radius 1 is 1.64 bits per heavy atom. The van der Waals surface area contributed by atoms with Crippen LogP contribution in [0.15, 0.2) is 6.20 Å². The fourth-order valence-electron chi connectivity index (χ4n) is 1.08. The summed E-state index contributed by atoms with van der Waals surface area (Å²) in [7, 11) is 1.25. The van der Waals surface area contributed by atoms with Crippen LogP contribution in [0, 0.1) is 0 Å². The molecule has 0 aliphatic heterocycles. The van der Waals surface area contributed by atoms with Gasteiger partial charge in [-0.2, -0.15) is 0 Å². The molecule has 4 nitrogen and oxygen atoms in total. The topological polar surface area (TPSA) is 68.4 Å². The number of methoxy groups -OCH3 is 1. The van der Waals surface area contributed by atoms with Gasteiger partial charge in [-0.05, 0) is 0 Å². The van der Waals surface area contributed by atoms with E-state index in [0.717, 1.165) is 6.20 Å². The first-order valence-corrected chi connectivity index (χ1v) is 3.82. The third-order valence-electron chi connectivity index (χ3n) is 1.79. The maximum atomic E-state index is 12.5. The summed E-state index contributed by atoms with van der Waals surface area (Å²) in [6.45, 7) is -0.477. The molecular formula is C8H10F2N2O2. The Morgan fingerprint density at radius 3 is 2.71 bits per heavy atom. The highest BCUT2D eigenvalue weighted by Crippen LogP contribution is 2.34. The number of alkyl halides is 2. The summed E-state index contributed by atoms with van der Waals surface area (Å²) in [5.74, 6) is -0.0744. The number of aliphatic hydroxyl groups is 1. The lowest BCUT2D eigenvalue weighted by molar-refractivity contribution is 0.147. The van der Waals surface area contributed by atoms with E-state index in [1.807, 2.05) is 0 Å². The molecule has 1 aromatic rings. The van der Waals surface area contributed by atoms with Crippen molar-refractivity contribution < 1.29 is 18.6 Å². The van der Waals surface area contributed by atoms with E-state index in [4.69, 9.17) is 10.8 Å². The largest absolute Gasteiger partial charge is 0.495 e. The predicted molar refractivity (Wildman–Crippen MR) is 46.1 cm³/mol. The molecule has 0 unspecified atom stereocenters. The van der Waals surface area contributed by atoms with E-state index in [0.29, 0.717) is 0 Å². The molecule has 6 heteroatoms. The molecule has 0 atom stereocenters. The quantitative estimate of drug-likeness (QED) is 0.773. The van der Waals surface area contributed by atoms with Gasteiger partial charge in [-0.15, -0.1) is 0 Å². The summed E-state index contributed by atoms with van der Waals surface area (Å²) in [5, 5.41) is 8.76. The van der Waals surface area contributed by atoms with Crippen LogP contribution < -0.4 is 10.5 Å². The number of nitrogens with two attached hydrogens (primary N) is 1. The summed E-state index contributed by atoms with van der Waals surface area (Å²) in [6.07, 6.45) is -1.64. The van der Waals surface area contributed by atoms with Crippen molar-refractivity contribution in [2.24, 2.45) is 0 Å². The van der Waals surface area contributed by atoms with E-state index in [1.165, 1.54) is 7.11 Å². The van der Waals surface area contributed by atoms with E-state index in [1.54, 1.807) is 0 Å². The number of pyridine rings is 1. The number of aliphatic hydroxyl groups excluding tert-OH is 1. The van der Waals surface area contributed by atoms with Crippen molar-refractivity contribution in [3.8, 4) is 5.75 Å². The van der Waals surface area contributed by atoms with Crippen LogP contribution in [-0.2, 0) is 6.61 Å². The number of nitrogens with zero attached hydrogens (tertiary/aromatic N) is 1. The van der Waals surface area contributed by atoms with Gasteiger partial charge in [0.15, 0.2) is 0 Å². The van der Waals surface area contributed by atoms with Crippen LogP contribution in [-0.4, -0.2) is 17.2 Å². The van der Waals surface area contributed by atoms with Crippen LogP contribution in [0.25, 0.3) is 0 Å². The van der Waals surface area contributed by atoms with Crippen LogP contribution >= 0.6 is 0 Å². The molecule has 3 N–H and O–H groups in total. The molecule has 0 aromatic carbocycles. The molecule has 1 heterocycles. The highest BCUT2D eigenvalue weighted by atomic mass is 19.3. The van der Waals surface area contributed by atoms with Gasteiger partial charge in [-0.25, -0.2) is 8.78 Å². The maximum Gasteiger partial charge on any atom is 0.269 e. The smallest absolute Gasteiger partial charge is 0.269 e. The molecule has 0 saturated heterocycles. The minimum absolute atomic E-state index is 0.0288. The predicted octanol–water partition coefficient (Wildman–Crippen LogP) is 1.10. The standard InChI is InChI=1S/C8H10F2N2O2/c1-14-5-2-12-4(3-13)7(11)6(5)8(9)10/h2,8,13H,3,11H2,1H3. The molecule has 0 amide bonds. The van der Waals surface area contributed by atoms with Gasteiger partial charge in [0, 0.05) is 0 Å². The Hall–Kier alpha value is -1.43. The summed E-state index contributed by atoms with van der Waals surface area (Å²) in [4.78, 5) is 3.68. The van der Waals surface area contributed by atoms with Crippen molar-refractivity contribution in [1.82, 2.24) is 4.98 Å². The van der Waals surface area contributed by atoms with Crippen LogP contribution in [0.3, 0.4) is 0 Å². The average molecular weight is 204 g/mol. The lowest BCUT2D eigenvalue weighted by Gasteiger charge is -2.12. The SMILES string of the molecule is COc1cnc(CO)c(N)c1C(F)F. The second kappa shape index (κ2) is 4.19. The van der Waals surface area contributed by atoms with Crippen molar-refractivity contribution >= 4 is 5.69 Å². The van der Waals surface area contributed by atoms with Gasteiger partial charge < -0.3 is 15.6 Å². The summed E-state index contributed by atoms with van der Waals surface area (Å²) in [6, 6.07) is 0. The van der Waals surface area contributed by atoms with Crippen molar-refractivity contribution in [3.63, 3.8) is 0 Å². The summed E-state index contributed by atoms with van der Waals surface area (Å²) < 4.78 is 29.7. The Morgan fingerprint density at radius 2 is 2.29 bits per heavy atom. The molecule has 0 radical (unpaired) electrons. The Balaban J connectivity index is 3.31. The molecule has 78 valence electrons. The third-order valence-corrected chi connectivity index (χ3v) is 1.79. The van der Waals surface area contributed by atoms with Crippen molar-refractivity contribution in [3.05, 3.63) is 17.5 Å². The molecular weight excluding hydrogens is 194 g/mol. The normalized spacial score (nSPS) is 10.6. The molecule has 0 spiro atoms. The van der Waals surface area contributed by atoms with Crippen LogP contribution in [0.1, 0.15) is 17.7 Å². The average Bonchev–Trinajstić information content (AvgIpc) is 2.16. The number of nitrogen functional groups attached to an aromatic ring is 1. The highest BCUT2D eigenvalue weighted by molar-refractivity contribution is 5.57. The zero-order chi connectivity index (χ0) is 10.7. The number of ether oxygens (including phenoxy) is 1. The van der Waals surface area contributed by atoms with Gasteiger partial charge >= 0.3 is 0 Å². The molecule has 0 aliphatic rings. The Bertz CT molecular complexity index is 331. The molecule has 14 heavy (non-hydrogen) atoms. The number of aromatic nitrogens is 1. The number of anilines is 1. The summed E-state index contributed by atoms with van der Waals surface area (Å²) >= 11 is 0. The number of rotatable bonds is 3. The molecule has 0 fully saturated rings. The first-order chi connectivity index (χ1) is 6.61. The van der Waals surface area contributed by atoms with Gasteiger partial charge in [-0.3, -0.25) is 4.98 Å². The molecule has 1 rings (SSSR count). The minimum atomic E-state index is -2.75. The monoisotopic (exact) mass is 204 g/mol. The van der Waals surface area contributed by atoms with Gasteiger partial charge in [0.1, 0.15) is 5.75 Å². The van der Waals surface area contributed by atoms with Crippen LogP contribution in [0.5, 0.6) is 5.75 Å². The van der Waals surface area contributed by atoms with Gasteiger partial charge in [-0.1, -0.05) is 0 Å². The molecule has 1 aromatic heterocycles. The lowest BCUT2D eigenvalue weighted by Crippen LogP contribution is -2.05. The Kier molecular flexibility index (Phi) is 3.19. The van der Waals surface area contributed by atoms with E-state index in [9.17, 15) is 8.78 Å². The van der Waals surface area contributed by atoms with Gasteiger partial charge in [0.2, 0.25) is 0 Å². The third kappa shape index (κ3) is 1.74. The maximum absolute atomic E-state index is 12.5. The minimum Gasteiger partial charge on any atom is -0.495 e. The number of hydrogen-bond acceptors (Lipinski definition) is 4. The van der Waals surface area contributed by atoms with Crippen LogP contribution in [0.2, 0.25) is 0 Å². The fourth-order valence-corrected chi connectivity index (χ4v) is 1.08. The van der Waals surface area contributed by atoms with Gasteiger partial charge in [0.25, 0.3) is 6.43 Å². The van der Waals surface area contributed by atoms with Crippen molar-refractivity contribution in [2.45, 2.75) is 13.0 Å². The molecule has 0 bridgehead atoms. The first-order valence-electron chi connectivity index (χ1n) is 3.82. The number of halogens is 2. The zero-order valence-corrected chi connectivity index (χ0v) is 7.50. The van der Waals surface area contributed by atoms with Crippen LogP contribution in [0.4, 0.5) is 14.5 Å². The Labute approximate surface area is 79.3 Å². The summed E-state index contributed by atoms with van der Waals surface area (Å²) in [5.41, 5.74) is 4.77. The molecule has 0 aliphatic carbocycles. The zero-order valence-electron chi connectivity index (χ0n) is 7.50. The van der Waals surface area contributed by atoms with E-state index >= 15 is 0 Å². The highest BCUT2D eigenvalue weighted by Gasteiger charge is 2.20.